The molecule has 1 heterocycles. The van der Waals surface area contributed by atoms with Gasteiger partial charge in [0, 0.05) is 23.8 Å². The molecule has 0 saturated heterocycles. The van der Waals surface area contributed by atoms with Crippen LogP contribution in [0.25, 0.3) is 0 Å². The lowest BCUT2D eigenvalue weighted by Gasteiger charge is -2.18. The summed E-state index contributed by atoms with van der Waals surface area (Å²) in [6.45, 7) is -0.246. The minimum absolute atomic E-state index is 0.147. The molecule has 0 radical (unpaired) electrons. The van der Waals surface area contributed by atoms with E-state index in [2.05, 4.69) is 10.6 Å². The van der Waals surface area contributed by atoms with Gasteiger partial charge in [0.15, 0.2) is 0 Å². The van der Waals surface area contributed by atoms with Crippen molar-refractivity contribution in [3.8, 4) is 0 Å². The second-order valence-corrected chi connectivity index (χ2v) is 5.80. The summed E-state index contributed by atoms with van der Waals surface area (Å²) >= 11 is 0. The third kappa shape index (κ3) is 2.47. The molecular weight excluding hydrogens is 288 g/mol. The maximum atomic E-state index is 12.4. The number of hydrogen-bond donors (Lipinski definition) is 5. The Morgan fingerprint density at radius 3 is 2.77 bits per heavy atom. The van der Waals surface area contributed by atoms with E-state index >= 15 is 0 Å². The van der Waals surface area contributed by atoms with Gasteiger partial charge in [-0.3, -0.25) is 9.59 Å². The van der Waals surface area contributed by atoms with Crippen molar-refractivity contribution >= 4 is 17.5 Å². The van der Waals surface area contributed by atoms with E-state index in [0.29, 0.717) is 23.2 Å². The predicted molar refractivity (Wildman–Crippen MR) is 77.2 cm³/mol. The van der Waals surface area contributed by atoms with Crippen molar-refractivity contribution in [1.29, 1.82) is 0 Å². The highest BCUT2D eigenvalue weighted by Crippen LogP contribution is 2.29. The molecule has 5 N–H and O–H groups in total. The lowest BCUT2D eigenvalue weighted by Crippen LogP contribution is -2.43. The summed E-state index contributed by atoms with van der Waals surface area (Å²) in [5.74, 6) is -1.01. The summed E-state index contributed by atoms with van der Waals surface area (Å²) in [5, 5.41) is 34.2. The van der Waals surface area contributed by atoms with E-state index in [9.17, 15) is 19.8 Å². The van der Waals surface area contributed by atoms with Gasteiger partial charge in [-0.25, -0.2) is 0 Å². The van der Waals surface area contributed by atoms with Crippen LogP contribution < -0.4 is 10.6 Å². The Morgan fingerprint density at radius 1 is 1.32 bits per heavy atom. The Morgan fingerprint density at radius 2 is 2.09 bits per heavy atom. The first-order valence-corrected chi connectivity index (χ1v) is 7.21. The summed E-state index contributed by atoms with van der Waals surface area (Å²) in [7, 11) is 0. The fourth-order valence-electron chi connectivity index (χ4n) is 3.16. The van der Waals surface area contributed by atoms with E-state index in [4.69, 9.17) is 5.11 Å². The minimum Gasteiger partial charge on any atom is -0.396 e. The summed E-state index contributed by atoms with van der Waals surface area (Å²) in [6, 6.07) is 4.40. The molecule has 1 saturated carbocycles. The Kier molecular flexibility index (Phi) is 3.86. The molecule has 0 unspecified atom stereocenters. The number of amides is 2. The third-order valence-electron chi connectivity index (χ3n) is 4.38. The molecule has 7 heteroatoms. The molecule has 22 heavy (non-hydrogen) atoms. The van der Waals surface area contributed by atoms with Gasteiger partial charge in [0.2, 0.25) is 5.91 Å². The van der Waals surface area contributed by atoms with Gasteiger partial charge in [0.05, 0.1) is 18.6 Å². The Hall–Kier alpha value is -1.96. The Labute approximate surface area is 127 Å². The zero-order chi connectivity index (χ0) is 15.9. The molecule has 0 spiro atoms. The smallest absolute Gasteiger partial charge is 0.251 e. The van der Waals surface area contributed by atoms with Crippen molar-refractivity contribution in [3.63, 3.8) is 0 Å². The predicted octanol–water partition coefficient (Wildman–Crippen LogP) is -0.986. The highest BCUT2D eigenvalue weighted by atomic mass is 16.3. The van der Waals surface area contributed by atoms with Crippen molar-refractivity contribution in [2.75, 3.05) is 11.9 Å². The second kappa shape index (κ2) is 5.68. The first kappa shape index (κ1) is 15.0. The Balaban J connectivity index is 1.77. The molecule has 1 fully saturated rings. The van der Waals surface area contributed by atoms with Crippen LogP contribution in [0.3, 0.4) is 0 Å². The van der Waals surface area contributed by atoms with Gasteiger partial charge in [-0.05, 0) is 24.1 Å². The molecule has 3 rings (SSSR count). The van der Waals surface area contributed by atoms with Crippen molar-refractivity contribution in [3.05, 3.63) is 29.3 Å². The van der Waals surface area contributed by atoms with Crippen molar-refractivity contribution < 1.29 is 24.9 Å². The van der Waals surface area contributed by atoms with E-state index < -0.39 is 30.1 Å². The van der Waals surface area contributed by atoms with Gasteiger partial charge in [0.1, 0.15) is 6.10 Å². The number of rotatable bonds is 3. The van der Waals surface area contributed by atoms with E-state index in [1.807, 2.05) is 0 Å². The van der Waals surface area contributed by atoms with Gasteiger partial charge in [-0.2, -0.15) is 0 Å². The average Bonchev–Trinajstić information content (AvgIpc) is 3.00. The highest BCUT2D eigenvalue weighted by Gasteiger charge is 2.42. The van der Waals surface area contributed by atoms with Gasteiger partial charge < -0.3 is 26.0 Å². The van der Waals surface area contributed by atoms with E-state index in [1.54, 1.807) is 18.2 Å². The number of benzene rings is 1. The summed E-state index contributed by atoms with van der Waals surface area (Å²) in [5.41, 5.74) is 1.64. The number of aliphatic hydroxyl groups is 3. The fourth-order valence-corrected chi connectivity index (χ4v) is 3.16. The van der Waals surface area contributed by atoms with Crippen LogP contribution in [-0.4, -0.2) is 52.0 Å². The maximum Gasteiger partial charge on any atom is 0.251 e. The minimum atomic E-state index is -1.11. The van der Waals surface area contributed by atoms with Gasteiger partial charge in [-0.15, -0.1) is 0 Å². The highest BCUT2D eigenvalue weighted by molar-refractivity contribution is 6.05. The largest absolute Gasteiger partial charge is 0.396 e. The lowest BCUT2D eigenvalue weighted by atomic mass is 10.0. The molecule has 1 aliphatic carbocycles. The van der Waals surface area contributed by atoms with Crippen LogP contribution in [0, 0.1) is 5.92 Å². The molecule has 4 atom stereocenters. The molecule has 2 aliphatic rings. The van der Waals surface area contributed by atoms with Gasteiger partial charge in [-0.1, -0.05) is 6.07 Å². The van der Waals surface area contributed by atoms with Crippen molar-refractivity contribution in [2.24, 2.45) is 5.92 Å². The second-order valence-electron chi connectivity index (χ2n) is 5.80. The molecule has 1 aromatic rings. The summed E-state index contributed by atoms with van der Waals surface area (Å²) in [6.07, 6.45) is -1.72. The number of hydrogen-bond acceptors (Lipinski definition) is 5. The number of nitrogens with one attached hydrogen (secondary N) is 2. The van der Waals surface area contributed by atoms with Gasteiger partial charge in [0.25, 0.3) is 5.91 Å². The number of aliphatic hydroxyl groups excluding tert-OH is 3. The molecule has 7 nitrogen and oxygen atoms in total. The maximum absolute atomic E-state index is 12.4. The van der Waals surface area contributed by atoms with Crippen LogP contribution in [0.4, 0.5) is 5.69 Å². The zero-order valence-electron chi connectivity index (χ0n) is 11.8. The van der Waals surface area contributed by atoms with Crippen LogP contribution in [0.15, 0.2) is 18.2 Å². The molecule has 1 aliphatic heterocycles. The third-order valence-corrected chi connectivity index (χ3v) is 4.38. The topological polar surface area (TPSA) is 119 Å². The van der Waals surface area contributed by atoms with Crippen LogP contribution in [0.2, 0.25) is 0 Å². The van der Waals surface area contributed by atoms with Crippen molar-refractivity contribution in [1.82, 2.24) is 5.32 Å². The van der Waals surface area contributed by atoms with Crippen LogP contribution in [0.1, 0.15) is 22.3 Å². The number of anilines is 1. The summed E-state index contributed by atoms with van der Waals surface area (Å²) in [4.78, 5) is 23.9. The molecular formula is C15H18N2O5. The van der Waals surface area contributed by atoms with E-state index in [0.717, 1.165) is 0 Å². The average molecular weight is 306 g/mol. The molecule has 118 valence electrons. The molecule has 0 aromatic heterocycles. The summed E-state index contributed by atoms with van der Waals surface area (Å²) < 4.78 is 0. The normalized spacial score (nSPS) is 30.0. The van der Waals surface area contributed by atoms with Crippen molar-refractivity contribution in [2.45, 2.75) is 31.1 Å². The standard InChI is InChI=1S/C15H18N2O5/c18-6-7-4-11(14(21)13(7)20)17-15(22)8-2-1-3-10-9(8)5-12(19)16-10/h1-3,7,11,13-14,18,20-21H,4-6H2,(H,16,19)(H,17,22)/t7-,11-,13-,14+/m0/s1. The first-order valence-electron chi connectivity index (χ1n) is 7.21. The van der Waals surface area contributed by atoms with Crippen LogP contribution >= 0.6 is 0 Å². The monoisotopic (exact) mass is 306 g/mol. The molecule has 1 aromatic carbocycles. The number of carbonyl (C=O) groups is 2. The fraction of sp³-hybridized carbons (Fsp3) is 0.467. The van der Waals surface area contributed by atoms with E-state index in [-0.39, 0.29) is 18.9 Å². The quantitative estimate of drug-likeness (QED) is 0.491. The Bertz CT molecular complexity index is 618. The van der Waals surface area contributed by atoms with E-state index in [1.165, 1.54) is 0 Å². The molecule has 2 amide bonds. The first-order chi connectivity index (χ1) is 10.5. The number of fused-ring (bicyclic) bond motifs is 1. The SMILES string of the molecule is O=C1Cc2c(cccc2C(=O)N[C@H]2C[C@@H](CO)[C@H](O)[C@@H]2O)N1. The lowest BCUT2D eigenvalue weighted by molar-refractivity contribution is -0.115. The zero-order valence-corrected chi connectivity index (χ0v) is 11.8. The molecule has 0 bridgehead atoms. The van der Waals surface area contributed by atoms with Gasteiger partial charge >= 0.3 is 0 Å². The van der Waals surface area contributed by atoms with Crippen LogP contribution in [0.5, 0.6) is 0 Å². The van der Waals surface area contributed by atoms with Crippen LogP contribution in [-0.2, 0) is 11.2 Å². The number of carbonyl (C=O) groups excluding carboxylic acids is 2.